The third-order valence-electron chi connectivity index (χ3n) is 6.04. The SMILES string of the molecule is CCC.CN(Cc1ccc2c(c1)n(C)c(=O)n2C1CCC(=O)NC1=O)C1CCNCC1. The van der Waals surface area contributed by atoms with Gasteiger partial charge in [-0.05, 0) is 57.1 Å². The van der Waals surface area contributed by atoms with Gasteiger partial charge in [-0.15, -0.1) is 0 Å². The van der Waals surface area contributed by atoms with E-state index in [-0.39, 0.29) is 18.0 Å². The average molecular weight is 430 g/mol. The molecule has 2 aromatic rings. The number of aromatic nitrogens is 2. The Balaban J connectivity index is 0.000000858. The van der Waals surface area contributed by atoms with E-state index in [1.807, 2.05) is 18.2 Å². The predicted octanol–water partition coefficient (Wildman–Crippen LogP) is 1.92. The highest BCUT2D eigenvalue weighted by Gasteiger charge is 2.31. The number of amides is 2. The smallest absolute Gasteiger partial charge is 0.317 e. The van der Waals surface area contributed by atoms with Crippen molar-refractivity contribution in [3.63, 3.8) is 0 Å². The van der Waals surface area contributed by atoms with Crippen LogP contribution in [0.3, 0.4) is 0 Å². The van der Waals surface area contributed by atoms with E-state index in [4.69, 9.17) is 0 Å². The van der Waals surface area contributed by atoms with Crippen LogP contribution in [0.1, 0.15) is 57.6 Å². The lowest BCUT2D eigenvalue weighted by Crippen LogP contribution is -2.44. The first kappa shape index (κ1) is 23.2. The number of imidazole rings is 1. The molecule has 170 valence electrons. The summed E-state index contributed by atoms with van der Waals surface area (Å²) in [5.41, 5.74) is 2.46. The molecule has 2 saturated heterocycles. The second-order valence-electron chi connectivity index (χ2n) is 8.60. The van der Waals surface area contributed by atoms with Crippen LogP contribution in [0.5, 0.6) is 0 Å². The van der Waals surface area contributed by atoms with Crippen LogP contribution in [-0.2, 0) is 23.2 Å². The molecule has 8 heteroatoms. The molecule has 2 aliphatic heterocycles. The first-order valence-corrected chi connectivity index (χ1v) is 11.3. The van der Waals surface area contributed by atoms with E-state index in [1.54, 1.807) is 11.6 Å². The predicted molar refractivity (Wildman–Crippen MR) is 122 cm³/mol. The number of hydrogen-bond acceptors (Lipinski definition) is 5. The maximum atomic E-state index is 12.8. The number of aryl methyl sites for hydroxylation is 1. The van der Waals surface area contributed by atoms with Crippen LogP contribution >= 0.6 is 0 Å². The molecule has 1 aromatic carbocycles. The minimum atomic E-state index is -0.642. The summed E-state index contributed by atoms with van der Waals surface area (Å²) in [5, 5.41) is 5.73. The fourth-order valence-electron chi connectivity index (χ4n) is 4.40. The number of nitrogens with zero attached hydrogens (tertiary/aromatic N) is 3. The van der Waals surface area contributed by atoms with Crippen LogP contribution in [-0.4, -0.2) is 52.0 Å². The summed E-state index contributed by atoms with van der Waals surface area (Å²) < 4.78 is 3.12. The van der Waals surface area contributed by atoms with Gasteiger partial charge in [0.2, 0.25) is 11.8 Å². The van der Waals surface area contributed by atoms with Gasteiger partial charge in [-0.25, -0.2) is 4.79 Å². The third kappa shape index (κ3) is 5.07. The van der Waals surface area contributed by atoms with Crippen LogP contribution in [0.25, 0.3) is 11.0 Å². The van der Waals surface area contributed by atoms with Crippen molar-refractivity contribution in [2.45, 2.75) is 64.6 Å². The number of hydrogen-bond donors (Lipinski definition) is 2. The van der Waals surface area contributed by atoms with Crippen LogP contribution in [0, 0.1) is 0 Å². The summed E-state index contributed by atoms with van der Waals surface area (Å²) in [6, 6.07) is 5.91. The summed E-state index contributed by atoms with van der Waals surface area (Å²) >= 11 is 0. The van der Waals surface area contributed by atoms with E-state index < -0.39 is 11.9 Å². The second kappa shape index (κ2) is 10.2. The second-order valence-corrected chi connectivity index (χ2v) is 8.60. The summed E-state index contributed by atoms with van der Waals surface area (Å²) in [4.78, 5) is 38.9. The quantitative estimate of drug-likeness (QED) is 0.725. The average Bonchev–Trinajstić information content (AvgIpc) is 3.00. The molecular formula is C23H35N5O3. The van der Waals surface area contributed by atoms with Crippen LogP contribution in [0.15, 0.2) is 23.0 Å². The van der Waals surface area contributed by atoms with Crippen molar-refractivity contribution in [1.82, 2.24) is 24.7 Å². The fourth-order valence-corrected chi connectivity index (χ4v) is 4.40. The Labute approximate surface area is 183 Å². The van der Waals surface area contributed by atoms with E-state index in [0.29, 0.717) is 12.5 Å². The van der Waals surface area contributed by atoms with Crippen molar-refractivity contribution in [1.29, 1.82) is 0 Å². The molecule has 31 heavy (non-hydrogen) atoms. The molecule has 0 radical (unpaired) electrons. The number of carbonyl (C=O) groups is 2. The van der Waals surface area contributed by atoms with Crippen molar-refractivity contribution >= 4 is 22.8 Å². The summed E-state index contributed by atoms with van der Waals surface area (Å²) in [7, 11) is 3.88. The summed E-state index contributed by atoms with van der Waals surface area (Å²) in [6.07, 6.45) is 4.13. The number of fused-ring (bicyclic) bond motifs is 1. The number of rotatable bonds is 4. The summed E-state index contributed by atoms with van der Waals surface area (Å²) in [5.74, 6) is -0.682. The highest BCUT2D eigenvalue weighted by molar-refractivity contribution is 6.00. The zero-order valence-electron chi connectivity index (χ0n) is 19.1. The number of imide groups is 1. The highest BCUT2D eigenvalue weighted by atomic mass is 16.2. The van der Waals surface area contributed by atoms with Crippen LogP contribution in [0.2, 0.25) is 0 Å². The Morgan fingerprint density at radius 3 is 2.39 bits per heavy atom. The largest absolute Gasteiger partial charge is 0.329 e. The maximum Gasteiger partial charge on any atom is 0.329 e. The van der Waals surface area contributed by atoms with Gasteiger partial charge in [-0.2, -0.15) is 0 Å². The number of nitrogens with one attached hydrogen (secondary N) is 2. The van der Waals surface area contributed by atoms with Gasteiger partial charge in [0.15, 0.2) is 0 Å². The molecule has 2 amide bonds. The molecule has 1 aromatic heterocycles. The van der Waals surface area contributed by atoms with Gasteiger partial charge >= 0.3 is 5.69 Å². The first-order valence-electron chi connectivity index (χ1n) is 11.3. The monoisotopic (exact) mass is 429 g/mol. The molecule has 1 atom stereocenters. The molecule has 4 rings (SSSR count). The molecule has 2 aliphatic rings. The number of piperidine rings is 2. The molecule has 0 saturated carbocycles. The van der Waals surface area contributed by atoms with E-state index in [2.05, 4.69) is 36.4 Å². The standard InChI is InChI=1S/C20H27N5O3.C3H8/c1-23(14-7-9-21-10-8-14)12-13-3-4-15-17(11-13)24(2)20(28)25(15)16-5-6-18(26)22-19(16)27;1-3-2/h3-4,11,14,16,21H,5-10,12H2,1-2H3,(H,22,26,27);3H2,1-2H3. The van der Waals surface area contributed by atoms with E-state index in [0.717, 1.165) is 49.1 Å². The van der Waals surface area contributed by atoms with Crippen molar-refractivity contribution < 1.29 is 9.59 Å². The molecule has 2 N–H and O–H groups in total. The lowest BCUT2D eigenvalue weighted by atomic mass is 10.0. The van der Waals surface area contributed by atoms with Gasteiger partial charge in [0, 0.05) is 26.1 Å². The van der Waals surface area contributed by atoms with Gasteiger partial charge in [-0.1, -0.05) is 26.3 Å². The molecule has 1 unspecified atom stereocenters. The highest BCUT2D eigenvalue weighted by Crippen LogP contribution is 2.24. The van der Waals surface area contributed by atoms with E-state index in [1.165, 1.54) is 11.0 Å². The Morgan fingerprint density at radius 2 is 1.74 bits per heavy atom. The van der Waals surface area contributed by atoms with Gasteiger partial charge in [0.05, 0.1) is 11.0 Å². The van der Waals surface area contributed by atoms with Gasteiger partial charge in [0.1, 0.15) is 6.04 Å². The normalized spacial score (nSPS) is 20.0. The minimum absolute atomic E-state index is 0.228. The molecule has 0 bridgehead atoms. The fraction of sp³-hybridized carbons (Fsp3) is 0.609. The van der Waals surface area contributed by atoms with Crippen molar-refractivity contribution in [3.8, 4) is 0 Å². The minimum Gasteiger partial charge on any atom is -0.317 e. The third-order valence-corrected chi connectivity index (χ3v) is 6.04. The lowest BCUT2D eigenvalue weighted by Gasteiger charge is -2.31. The van der Waals surface area contributed by atoms with Crippen molar-refractivity contribution in [2.24, 2.45) is 7.05 Å². The van der Waals surface area contributed by atoms with Gasteiger partial charge < -0.3 is 5.32 Å². The maximum absolute atomic E-state index is 12.8. The summed E-state index contributed by atoms with van der Waals surface area (Å²) in [6.45, 7) is 7.17. The van der Waals surface area contributed by atoms with Gasteiger partial charge in [0.25, 0.3) is 0 Å². The van der Waals surface area contributed by atoms with E-state index in [9.17, 15) is 14.4 Å². The van der Waals surface area contributed by atoms with E-state index >= 15 is 0 Å². The molecule has 3 heterocycles. The topological polar surface area (TPSA) is 88.4 Å². The molecular weight excluding hydrogens is 394 g/mol. The Hall–Kier alpha value is -2.45. The number of carbonyl (C=O) groups excluding carboxylic acids is 2. The lowest BCUT2D eigenvalue weighted by molar-refractivity contribution is -0.135. The van der Waals surface area contributed by atoms with Crippen molar-refractivity contribution in [3.05, 3.63) is 34.2 Å². The molecule has 0 aliphatic carbocycles. The number of benzene rings is 1. The van der Waals surface area contributed by atoms with Crippen molar-refractivity contribution in [2.75, 3.05) is 20.1 Å². The van der Waals surface area contributed by atoms with Gasteiger partial charge in [-0.3, -0.25) is 28.9 Å². The zero-order valence-corrected chi connectivity index (χ0v) is 19.1. The molecule has 0 spiro atoms. The zero-order chi connectivity index (χ0) is 22.5. The van der Waals surface area contributed by atoms with Crippen LogP contribution < -0.4 is 16.3 Å². The Kier molecular flexibility index (Phi) is 7.67. The molecule has 8 nitrogen and oxygen atoms in total. The Morgan fingerprint density at radius 1 is 1.06 bits per heavy atom. The molecule has 2 fully saturated rings. The van der Waals surface area contributed by atoms with Crippen LogP contribution in [0.4, 0.5) is 0 Å². The Bertz CT molecular complexity index is 987. The first-order chi connectivity index (χ1) is 14.9.